The minimum Gasteiger partial charge on any atom is -0.348 e. The number of hydrogen-bond acceptors (Lipinski definition) is 4. The Morgan fingerprint density at radius 3 is 2.71 bits per heavy atom. The molecule has 4 heteroatoms. The molecule has 17 heavy (non-hydrogen) atoms. The summed E-state index contributed by atoms with van der Waals surface area (Å²) in [6, 6.07) is 0. The summed E-state index contributed by atoms with van der Waals surface area (Å²) in [5, 5.41) is 1.18. The van der Waals surface area contributed by atoms with E-state index in [9.17, 15) is 0 Å². The van der Waals surface area contributed by atoms with E-state index in [2.05, 4.69) is 18.7 Å². The van der Waals surface area contributed by atoms with E-state index in [0.717, 1.165) is 25.3 Å². The van der Waals surface area contributed by atoms with Gasteiger partial charge in [-0.15, -0.1) is 11.3 Å². The molecule has 0 radical (unpaired) electrons. The first-order chi connectivity index (χ1) is 8.28. The summed E-state index contributed by atoms with van der Waals surface area (Å²) < 4.78 is 0. The van der Waals surface area contributed by atoms with Crippen LogP contribution in [0.15, 0.2) is 0 Å². The van der Waals surface area contributed by atoms with Crippen LogP contribution in [0.25, 0.3) is 0 Å². The SMILES string of the molecule is CCCc1nc(N(CC)CC2CC2)sc1CN. The Morgan fingerprint density at radius 2 is 2.18 bits per heavy atom. The van der Waals surface area contributed by atoms with Crippen molar-refractivity contribution in [1.29, 1.82) is 0 Å². The monoisotopic (exact) mass is 253 g/mol. The number of aryl methyl sites for hydroxylation is 1. The van der Waals surface area contributed by atoms with Crippen LogP contribution < -0.4 is 10.6 Å². The highest BCUT2D eigenvalue weighted by Gasteiger charge is 2.25. The fourth-order valence-electron chi connectivity index (χ4n) is 2.05. The Kier molecular flexibility index (Phi) is 4.40. The highest BCUT2D eigenvalue weighted by molar-refractivity contribution is 7.15. The molecule has 1 aromatic rings. The van der Waals surface area contributed by atoms with Gasteiger partial charge in [-0.05, 0) is 32.1 Å². The van der Waals surface area contributed by atoms with Gasteiger partial charge in [0.15, 0.2) is 5.13 Å². The molecule has 1 aliphatic rings. The quantitative estimate of drug-likeness (QED) is 0.812. The second-order valence-corrected chi connectivity index (χ2v) is 5.86. The van der Waals surface area contributed by atoms with E-state index in [4.69, 9.17) is 10.7 Å². The van der Waals surface area contributed by atoms with E-state index >= 15 is 0 Å². The molecule has 0 aromatic carbocycles. The van der Waals surface area contributed by atoms with Crippen molar-refractivity contribution in [3.8, 4) is 0 Å². The Labute approximate surface area is 108 Å². The summed E-state index contributed by atoms with van der Waals surface area (Å²) in [5.41, 5.74) is 7.03. The van der Waals surface area contributed by atoms with Crippen molar-refractivity contribution in [2.45, 2.75) is 46.1 Å². The van der Waals surface area contributed by atoms with E-state index in [1.54, 1.807) is 11.3 Å². The molecule has 0 saturated heterocycles. The normalized spacial score (nSPS) is 15.2. The van der Waals surface area contributed by atoms with E-state index in [1.807, 2.05) is 0 Å². The number of anilines is 1. The number of aromatic nitrogens is 1. The van der Waals surface area contributed by atoms with Gasteiger partial charge in [0.1, 0.15) is 0 Å². The third-order valence-electron chi connectivity index (χ3n) is 3.27. The Bertz CT molecular complexity index is 358. The largest absolute Gasteiger partial charge is 0.348 e. The summed E-state index contributed by atoms with van der Waals surface area (Å²) in [4.78, 5) is 8.48. The second-order valence-electron chi connectivity index (χ2n) is 4.80. The maximum absolute atomic E-state index is 5.80. The zero-order chi connectivity index (χ0) is 12.3. The van der Waals surface area contributed by atoms with Crippen molar-refractivity contribution in [1.82, 2.24) is 4.98 Å². The van der Waals surface area contributed by atoms with Gasteiger partial charge in [-0.3, -0.25) is 0 Å². The lowest BCUT2D eigenvalue weighted by molar-refractivity contribution is 0.736. The van der Waals surface area contributed by atoms with Gasteiger partial charge in [0.2, 0.25) is 0 Å². The van der Waals surface area contributed by atoms with Crippen molar-refractivity contribution < 1.29 is 0 Å². The zero-order valence-corrected chi connectivity index (χ0v) is 11.7. The topological polar surface area (TPSA) is 42.2 Å². The van der Waals surface area contributed by atoms with Gasteiger partial charge in [0, 0.05) is 24.5 Å². The van der Waals surface area contributed by atoms with Crippen molar-refractivity contribution in [2.75, 3.05) is 18.0 Å². The molecule has 0 spiro atoms. The third-order valence-corrected chi connectivity index (χ3v) is 4.45. The molecule has 0 bridgehead atoms. The molecule has 2 rings (SSSR count). The highest BCUT2D eigenvalue weighted by atomic mass is 32.1. The molecular formula is C13H23N3S. The van der Waals surface area contributed by atoms with Gasteiger partial charge in [0.25, 0.3) is 0 Å². The molecule has 0 amide bonds. The van der Waals surface area contributed by atoms with Crippen molar-refractivity contribution in [3.63, 3.8) is 0 Å². The average Bonchev–Trinajstić information content (AvgIpc) is 3.07. The first-order valence-electron chi connectivity index (χ1n) is 6.72. The molecule has 1 fully saturated rings. The van der Waals surface area contributed by atoms with Crippen molar-refractivity contribution in [3.05, 3.63) is 10.6 Å². The van der Waals surface area contributed by atoms with E-state index in [-0.39, 0.29) is 0 Å². The van der Waals surface area contributed by atoms with Crippen LogP contribution in [0.4, 0.5) is 5.13 Å². The zero-order valence-electron chi connectivity index (χ0n) is 10.9. The molecule has 2 N–H and O–H groups in total. The predicted molar refractivity (Wildman–Crippen MR) is 74.6 cm³/mol. The van der Waals surface area contributed by atoms with E-state index in [0.29, 0.717) is 6.54 Å². The minimum absolute atomic E-state index is 0.633. The molecule has 1 heterocycles. The summed E-state index contributed by atoms with van der Waals surface area (Å²) in [5.74, 6) is 0.912. The number of rotatable bonds is 7. The van der Waals surface area contributed by atoms with Gasteiger partial charge in [-0.25, -0.2) is 4.98 Å². The van der Waals surface area contributed by atoms with Gasteiger partial charge in [-0.2, -0.15) is 0 Å². The van der Waals surface area contributed by atoms with Gasteiger partial charge in [0.05, 0.1) is 5.69 Å². The molecule has 0 unspecified atom stereocenters. The molecule has 96 valence electrons. The van der Waals surface area contributed by atoms with Crippen LogP contribution in [0.2, 0.25) is 0 Å². The second kappa shape index (κ2) is 5.83. The van der Waals surface area contributed by atoms with Crippen LogP contribution in [-0.2, 0) is 13.0 Å². The summed E-state index contributed by atoms with van der Waals surface area (Å²) in [6.45, 7) is 7.28. The van der Waals surface area contributed by atoms with Gasteiger partial charge < -0.3 is 10.6 Å². The smallest absolute Gasteiger partial charge is 0.185 e. The Balaban J connectivity index is 2.11. The Morgan fingerprint density at radius 1 is 1.41 bits per heavy atom. The summed E-state index contributed by atoms with van der Waals surface area (Å²) in [7, 11) is 0. The van der Waals surface area contributed by atoms with Gasteiger partial charge >= 0.3 is 0 Å². The van der Waals surface area contributed by atoms with E-state index in [1.165, 1.54) is 35.1 Å². The number of nitrogens with zero attached hydrogens (tertiary/aromatic N) is 2. The molecule has 1 aromatic heterocycles. The lowest BCUT2D eigenvalue weighted by atomic mass is 10.2. The van der Waals surface area contributed by atoms with Crippen molar-refractivity contribution >= 4 is 16.5 Å². The molecular weight excluding hydrogens is 230 g/mol. The number of nitrogens with two attached hydrogens (primary N) is 1. The highest BCUT2D eigenvalue weighted by Crippen LogP contribution is 2.33. The maximum atomic E-state index is 5.80. The average molecular weight is 253 g/mol. The van der Waals surface area contributed by atoms with Crippen LogP contribution >= 0.6 is 11.3 Å². The predicted octanol–water partition coefficient (Wildman–Crippen LogP) is 2.79. The maximum Gasteiger partial charge on any atom is 0.185 e. The van der Waals surface area contributed by atoms with Crippen LogP contribution in [0, 0.1) is 5.92 Å². The van der Waals surface area contributed by atoms with Crippen molar-refractivity contribution in [2.24, 2.45) is 11.7 Å². The summed E-state index contributed by atoms with van der Waals surface area (Å²) >= 11 is 1.79. The first-order valence-corrected chi connectivity index (χ1v) is 7.53. The lowest BCUT2D eigenvalue weighted by Gasteiger charge is -2.19. The van der Waals surface area contributed by atoms with Gasteiger partial charge in [-0.1, -0.05) is 13.3 Å². The standard InChI is InChI=1S/C13H23N3S/c1-3-5-11-12(8-14)17-13(15-11)16(4-2)9-10-6-7-10/h10H,3-9,14H2,1-2H3. The van der Waals surface area contributed by atoms with Crippen LogP contribution in [0.5, 0.6) is 0 Å². The molecule has 1 saturated carbocycles. The first kappa shape index (κ1) is 12.8. The fourth-order valence-corrected chi connectivity index (χ4v) is 3.11. The number of thiazole rings is 1. The van der Waals surface area contributed by atoms with Crippen LogP contribution in [0.1, 0.15) is 43.7 Å². The molecule has 1 aliphatic carbocycles. The Hall–Kier alpha value is -0.610. The van der Waals surface area contributed by atoms with E-state index < -0.39 is 0 Å². The molecule has 3 nitrogen and oxygen atoms in total. The fraction of sp³-hybridized carbons (Fsp3) is 0.769. The van der Waals surface area contributed by atoms with Crippen LogP contribution in [0.3, 0.4) is 0 Å². The molecule has 0 aliphatic heterocycles. The summed E-state index contributed by atoms with van der Waals surface area (Å²) in [6.07, 6.45) is 5.00. The molecule has 0 atom stereocenters. The minimum atomic E-state index is 0.633. The number of hydrogen-bond donors (Lipinski definition) is 1. The lowest BCUT2D eigenvalue weighted by Crippen LogP contribution is -2.24. The van der Waals surface area contributed by atoms with Crippen LogP contribution in [-0.4, -0.2) is 18.1 Å². The third kappa shape index (κ3) is 3.19.